The SMILES string of the molecule is COc1ccc(S(=O)(=O)N(CC(=O)N(Cc2c(Cl)cccc2Cl)[C@@H](Cc2ccccc2)C(=O)NC(C)(C)C)c2cc(C)cc(C)c2)cc1OC. The van der Waals surface area contributed by atoms with Crippen molar-refractivity contribution in [1.29, 1.82) is 0 Å². The Labute approximate surface area is 305 Å². The highest BCUT2D eigenvalue weighted by atomic mass is 35.5. The molecule has 0 aromatic heterocycles. The molecule has 0 fully saturated rings. The summed E-state index contributed by atoms with van der Waals surface area (Å²) in [4.78, 5) is 30.2. The number of carbonyl (C=O) groups excluding carboxylic acids is 2. The molecule has 1 atom stereocenters. The number of benzene rings is 4. The molecule has 0 spiro atoms. The van der Waals surface area contributed by atoms with Gasteiger partial charge in [0.2, 0.25) is 11.8 Å². The average molecular weight is 741 g/mol. The monoisotopic (exact) mass is 739 g/mol. The van der Waals surface area contributed by atoms with E-state index in [0.29, 0.717) is 21.4 Å². The molecule has 266 valence electrons. The molecule has 0 saturated carbocycles. The highest BCUT2D eigenvalue weighted by molar-refractivity contribution is 7.92. The second kappa shape index (κ2) is 16.2. The van der Waals surface area contributed by atoms with Gasteiger partial charge < -0.3 is 19.7 Å². The molecule has 0 aliphatic heterocycles. The lowest BCUT2D eigenvalue weighted by Crippen LogP contribution is -2.56. The summed E-state index contributed by atoms with van der Waals surface area (Å²) in [7, 11) is -1.54. The average Bonchev–Trinajstić information content (AvgIpc) is 3.05. The second-order valence-electron chi connectivity index (χ2n) is 13.0. The number of halogens is 2. The Balaban J connectivity index is 1.90. The van der Waals surface area contributed by atoms with Crippen molar-refractivity contribution >= 4 is 50.7 Å². The molecule has 0 saturated heterocycles. The third kappa shape index (κ3) is 9.50. The molecule has 0 radical (unpaired) electrons. The van der Waals surface area contributed by atoms with E-state index in [0.717, 1.165) is 21.0 Å². The number of anilines is 1. The smallest absolute Gasteiger partial charge is 0.264 e. The van der Waals surface area contributed by atoms with Gasteiger partial charge in [0.15, 0.2) is 11.5 Å². The van der Waals surface area contributed by atoms with E-state index in [1.165, 1.54) is 37.3 Å². The van der Waals surface area contributed by atoms with E-state index in [4.69, 9.17) is 32.7 Å². The van der Waals surface area contributed by atoms with E-state index in [-0.39, 0.29) is 29.3 Å². The number of amides is 2. The lowest BCUT2D eigenvalue weighted by molar-refractivity contribution is -0.140. The maximum atomic E-state index is 14.8. The summed E-state index contributed by atoms with van der Waals surface area (Å²) in [5, 5.41) is 3.61. The number of hydrogen-bond donors (Lipinski definition) is 1. The van der Waals surface area contributed by atoms with Gasteiger partial charge >= 0.3 is 0 Å². The van der Waals surface area contributed by atoms with E-state index in [1.807, 2.05) is 71.0 Å². The van der Waals surface area contributed by atoms with Crippen molar-refractivity contribution < 1.29 is 27.5 Å². The van der Waals surface area contributed by atoms with Crippen molar-refractivity contribution in [3.63, 3.8) is 0 Å². The van der Waals surface area contributed by atoms with Crippen molar-refractivity contribution in [2.24, 2.45) is 0 Å². The van der Waals surface area contributed by atoms with Crippen molar-refractivity contribution in [2.75, 3.05) is 25.1 Å². The van der Waals surface area contributed by atoms with E-state index >= 15 is 0 Å². The molecule has 0 bridgehead atoms. The Morgan fingerprint density at radius 3 is 1.98 bits per heavy atom. The molecular formula is C38H43Cl2N3O6S. The largest absolute Gasteiger partial charge is 0.493 e. The third-order valence-electron chi connectivity index (χ3n) is 7.88. The standard InChI is InChI=1S/C38H43Cl2N3O6S/c1-25-18-26(2)20-28(19-25)43(50(46,47)29-16-17-34(48-6)35(22-29)49-7)24-36(44)42(23-30-31(39)14-11-15-32(30)40)33(37(45)41-38(3,4)5)21-27-12-9-8-10-13-27/h8-20,22,33H,21,23-24H2,1-7H3,(H,41,45)/t33-/m0/s1. The van der Waals surface area contributed by atoms with Crippen LogP contribution in [0.25, 0.3) is 0 Å². The van der Waals surface area contributed by atoms with Crippen molar-refractivity contribution in [1.82, 2.24) is 10.2 Å². The van der Waals surface area contributed by atoms with Gasteiger partial charge in [0.1, 0.15) is 12.6 Å². The summed E-state index contributed by atoms with van der Waals surface area (Å²) in [6, 6.07) is 22.8. The summed E-state index contributed by atoms with van der Waals surface area (Å²) >= 11 is 13.2. The molecule has 4 rings (SSSR count). The molecule has 0 aliphatic carbocycles. The van der Waals surface area contributed by atoms with Gasteiger partial charge in [-0.05, 0) is 87.7 Å². The van der Waals surface area contributed by atoms with Gasteiger partial charge in [0.05, 0.1) is 24.8 Å². The van der Waals surface area contributed by atoms with E-state index in [2.05, 4.69) is 5.32 Å². The number of hydrogen-bond acceptors (Lipinski definition) is 6. The summed E-state index contributed by atoms with van der Waals surface area (Å²) in [6.07, 6.45) is 0.141. The summed E-state index contributed by atoms with van der Waals surface area (Å²) in [6.45, 7) is 8.42. The van der Waals surface area contributed by atoms with Crippen LogP contribution in [0.1, 0.15) is 43.0 Å². The zero-order valence-electron chi connectivity index (χ0n) is 29.3. The first-order valence-electron chi connectivity index (χ1n) is 16.0. The molecule has 4 aromatic rings. The van der Waals surface area contributed by atoms with Gasteiger partial charge in [0.25, 0.3) is 10.0 Å². The summed E-state index contributed by atoms with van der Waals surface area (Å²) in [5.74, 6) is -0.512. The van der Waals surface area contributed by atoms with Gasteiger partial charge in [-0.25, -0.2) is 8.42 Å². The fourth-order valence-electron chi connectivity index (χ4n) is 5.59. The number of nitrogens with one attached hydrogen (secondary N) is 1. The number of nitrogens with zero attached hydrogens (tertiary/aromatic N) is 2. The van der Waals surface area contributed by atoms with Crippen LogP contribution in [0.4, 0.5) is 5.69 Å². The molecule has 4 aromatic carbocycles. The predicted octanol–water partition coefficient (Wildman–Crippen LogP) is 7.38. The molecular weight excluding hydrogens is 697 g/mol. The maximum Gasteiger partial charge on any atom is 0.264 e. The maximum absolute atomic E-state index is 14.8. The van der Waals surface area contributed by atoms with Crippen molar-refractivity contribution in [3.8, 4) is 11.5 Å². The van der Waals surface area contributed by atoms with Crippen LogP contribution in [0.15, 0.2) is 89.8 Å². The molecule has 50 heavy (non-hydrogen) atoms. The van der Waals surface area contributed by atoms with Crippen LogP contribution < -0.4 is 19.1 Å². The summed E-state index contributed by atoms with van der Waals surface area (Å²) in [5.41, 5.74) is 2.46. The van der Waals surface area contributed by atoms with Crippen molar-refractivity contribution in [3.05, 3.63) is 117 Å². The lowest BCUT2D eigenvalue weighted by atomic mass is 10.0. The predicted molar refractivity (Wildman–Crippen MR) is 199 cm³/mol. The van der Waals surface area contributed by atoms with Crippen LogP contribution >= 0.6 is 23.2 Å². The van der Waals surface area contributed by atoms with Crippen LogP contribution in [0.2, 0.25) is 10.0 Å². The minimum atomic E-state index is -4.40. The van der Waals surface area contributed by atoms with Gasteiger partial charge in [-0.1, -0.05) is 65.7 Å². The minimum absolute atomic E-state index is 0.117. The zero-order valence-corrected chi connectivity index (χ0v) is 31.6. The first kappa shape index (κ1) is 38.6. The minimum Gasteiger partial charge on any atom is -0.493 e. The van der Waals surface area contributed by atoms with E-state index in [9.17, 15) is 18.0 Å². The van der Waals surface area contributed by atoms with Gasteiger partial charge in [0, 0.05) is 40.2 Å². The number of ether oxygens (including phenoxy) is 2. The number of sulfonamides is 1. The first-order valence-corrected chi connectivity index (χ1v) is 18.1. The normalized spacial score (nSPS) is 12.2. The molecule has 0 unspecified atom stereocenters. The van der Waals surface area contributed by atoms with E-state index in [1.54, 1.807) is 30.3 Å². The Kier molecular flexibility index (Phi) is 12.5. The first-order chi connectivity index (χ1) is 23.5. The molecule has 0 aliphatic rings. The van der Waals surface area contributed by atoms with Crippen molar-refractivity contribution in [2.45, 2.75) is 64.1 Å². The molecule has 0 heterocycles. The van der Waals surface area contributed by atoms with Crippen LogP contribution in [-0.2, 0) is 32.6 Å². The Hall–Kier alpha value is -4.25. The topological polar surface area (TPSA) is 105 Å². The van der Waals surface area contributed by atoms with E-state index < -0.39 is 40.0 Å². The van der Waals surface area contributed by atoms with Crippen LogP contribution in [-0.4, -0.2) is 57.5 Å². The Morgan fingerprint density at radius 2 is 1.42 bits per heavy atom. The van der Waals surface area contributed by atoms with Crippen LogP contribution in [0, 0.1) is 13.8 Å². The Bertz CT molecular complexity index is 1910. The van der Waals surface area contributed by atoms with Crippen LogP contribution in [0.5, 0.6) is 11.5 Å². The summed E-state index contributed by atoms with van der Waals surface area (Å²) < 4.78 is 40.9. The number of rotatable bonds is 13. The van der Waals surface area contributed by atoms with Gasteiger partial charge in [-0.2, -0.15) is 0 Å². The molecule has 9 nitrogen and oxygen atoms in total. The molecule has 12 heteroatoms. The molecule has 2 amide bonds. The number of aryl methyl sites for hydroxylation is 2. The number of methoxy groups -OCH3 is 2. The Morgan fingerprint density at radius 1 is 0.820 bits per heavy atom. The highest BCUT2D eigenvalue weighted by Gasteiger charge is 2.36. The van der Waals surface area contributed by atoms with Gasteiger partial charge in [-0.15, -0.1) is 0 Å². The quantitative estimate of drug-likeness (QED) is 0.154. The number of carbonyl (C=O) groups is 2. The fourth-order valence-corrected chi connectivity index (χ4v) is 7.52. The van der Waals surface area contributed by atoms with Gasteiger partial charge in [-0.3, -0.25) is 13.9 Å². The zero-order chi connectivity index (χ0) is 36.8. The molecule has 1 N–H and O–H groups in total. The lowest BCUT2D eigenvalue weighted by Gasteiger charge is -2.35. The fraction of sp³-hybridized carbons (Fsp3) is 0.316. The van der Waals surface area contributed by atoms with Crippen LogP contribution in [0.3, 0.4) is 0 Å². The third-order valence-corrected chi connectivity index (χ3v) is 10.4. The second-order valence-corrected chi connectivity index (χ2v) is 15.7. The highest BCUT2D eigenvalue weighted by Crippen LogP contribution is 2.34.